The van der Waals surface area contributed by atoms with E-state index >= 15 is 0 Å². The zero-order chi connectivity index (χ0) is 13.7. The molecule has 0 amide bonds. The summed E-state index contributed by atoms with van der Waals surface area (Å²) in [6.45, 7) is 2.64. The Morgan fingerprint density at radius 1 is 1.37 bits per heavy atom. The Bertz CT molecular complexity index is 506. The summed E-state index contributed by atoms with van der Waals surface area (Å²) in [7, 11) is 1.98. The molecule has 0 aliphatic heterocycles. The van der Waals surface area contributed by atoms with Gasteiger partial charge in [0.2, 0.25) is 0 Å². The van der Waals surface area contributed by atoms with E-state index in [4.69, 9.17) is 10.6 Å². The standard InChI is InChI=1S/C14H20N4O/c1-3-19-12-6-4-11(5-7-12)13(17-15)10-14-16-8-9-18(14)2/h4-9,13,17H,3,10,15H2,1-2H3. The van der Waals surface area contributed by atoms with E-state index in [9.17, 15) is 0 Å². The summed E-state index contributed by atoms with van der Waals surface area (Å²) in [5.41, 5.74) is 3.96. The number of nitrogens with one attached hydrogen (secondary N) is 1. The average molecular weight is 260 g/mol. The van der Waals surface area contributed by atoms with Gasteiger partial charge in [0.1, 0.15) is 11.6 Å². The zero-order valence-electron chi connectivity index (χ0n) is 11.3. The van der Waals surface area contributed by atoms with Gasteiger partial charge in [0, 0.05) is 25.9 Å². The summed E-state index contributed by atoms with van der Waals surface area (Å²) in [6, 6.07) is 8.01. The minimum absolute atomic E-state index is 0.0387. The third-order valence-corrected chi connectivity index (χ3v) is 3.10. The van der Waals surface area contributed by atoms with Crippen molar-refractivity contribution in [2.45, 2.75) is 19.4 Å². The maximum Gasteiger partial charge on any atom is 0.119 e. The largest absolute Gasteiger partial charge is 0.494 e. The van der Waals surface area contributed by atoms with E-state index in [1.54, 1.807) is 6.20 Å². The number of hydrazine groups is 1. The summed E-state index contributed by atoms with van der Waals surface area (Å²) < 4.78 is 7.43. The third kappa shape index (κ3) is 3.33. The molecule has 0 bridgehead atoms. The van der Waals surface area contributed by atoms with Crippen LogP contribution in [0.3, 0.4) is 0 Å². The van der Waals surface area contributed by atoms with Crippen LogP contribution in [0.2, 0.25) is 0 Å². The first-order valence-electron chi connectivity index (χ1n) is 6.39. The number of nitrogens with zero attached hydrogens (tertiary/aromatic N) is 2. The Balaban J connectivity index is 2.11. The van der Waals surface area contributed by atoms with Crippen molar-refractivity contribution in [1.82, 2.24) is 15.0 Å². The second kappa shape index (κ2) is 6.36. The maximum absolute atomic E-state index is 5.65. The molecule has 0 saturated heterocycles. The van der Waals surface area contributed by atoms with Gasteiger partial charge in [-0.15, -0.1) is 0 Å². The fraction of sp³-hybridized carbons (Fsp3) is 0.357. The molecule has 2 rings (SSSR count). The number of aryl methyl sites for hydroxylation is 1. The second-order valence-electron chi connectivity index (χ2n) is 4.38. The van der Waals surface area contributed by atoms with Gasteiger partial charge in [0.25, 0.3) is 0 Å². The van der Waals surface area contributed by atoms with Gasteiger partial charge >= 0.3 is 0 Å². The minimum atomic E-state index is 0.0387. The molecule has 0 aliphatic rings. The molecule has 1 atom stereocenters. The van der Waals surface area contributed by atoms with Gasteiger partial charge in [-0.1, -0.05) is 12.1 Å². The van der Waals surface area contributed by atoms with Crippen molar-refractivity contribution in [2.24, 2.45) is 12.9 Å². The minimum Gasteiger partial charge on any atom is -0.494 e. The quantitative estimate of drug-likeness (QED) is 0.611. The van der Waals surface area contributed by atoms with Crippen LogP contribution in [0.25, 0.3) is 0 Å². The van der Waals surface area contributed by atoms with Gasteiger partial charge < -0.3 is 9.30 Å². The van der Waals surface area contributed by atoms with Gasteiger partial charge in [-0.2, -0.15) is 0 Å². The highest BCUT2D eigenvalue weighted by Gasteiger charge is 2.13. The number of rotatable bonds is 6. The van der Waals surface area contributed by atoms with Gasteiger partial charge in [0.05, 0.1) is 12.6 Å². The van der Waals surface area contributed by atoms with Crippen LogP contribution in [-0.2, 0) is 13.5 Å². The summed E-state index contributed by atoms with van der Waals surface area (Å²) in [5, 5.41) is 0. The van der Waals surface area contributed by atoms with Crippen LogP contribution >= 0.6 is 0 Å². The summed E-state index contributed by atoms with van der Waals surface area (Å²) in [4.78, 5) is 4.32. The fourth-order valence-corrected chi connectivity index (χ4v) is 2.01. The lowest BCUT2D eigenvalue weighted by molar-refractivity contribution is 0.340. The summed E-state index contributed by atoms with van der Waals surface area (Å²) in [5.74, 6) is 7.52. The number of benzene rings is 1. The molecule has 1 aromatic carbocycles. The summed E-state index contributed by atoms with van der Waals surface area (Å²) in [6.07, 6.45) is 4.47. The topological polar surface area (TPSA) is 65.1 Å². The van der Waals surface area contributed by atoms with E-state index in [0.29, 0.717) is 6.61 Å². The average Bonchev–Trinajstić information content (AvgIpc) is 2.83. The normalized spacial score (nSPS) is 12.4. The van der Waals surface area contributed by atoms with E-state index in [-0.39, 0.29) is 6.04 Å². The lowest BCUT2D eigenvalue weighted by Gasteiger charge is -2.16. The van der Waals surface area contributed by atoms with Crippen molar-refractivity contribution in [3.8, 4) is 5.75 Å². The fourth-order valence-electron chi connectivity index (χ4n) is 2.01. The lowest BCUT2D eigenvalue weighted by atomic mass is 10.0. The maximum atomic E-state index is 5.65. The molecular formula is C14H20N4O. The van der Waals surface area contributed by atoms with Gasteiger partial charge in [-0.05, 0) is 24.6 Å². The Morgan fingerprint density at radius 3 is 2.63 bits per heavy atom. The van der Waals surface area contributed by atoms with Crippen molar-refractivity contribution in [3.63, 3.8) is 0 Å². The van der Waals surface area contributed by atoms with Crippen LogP contribution in [0.4, 0.5) is 0 Å². The van der Waals surface area contributed by atoms with Crippen molar-refractivity contribution < 1.29 is 4.74 Å². The van der Waals surface area contributed by atoms with E-state index in [1.807, 2.05) is 49.0 Å². The summed E-state index contributed by atoms with van der Waals surface area (Å²) >= 11 is 0. The van der Waals surface area contributed by atoms with E-state index in [2.05, 4.69) is 10.4 Å². The first kappa shape index (κ1) is 13.6. The molecule has 0 fully saturated rings. The molecule has 0 aliphatic carbocycles. The van der Waals surface area contributed by atoms with E-state index < -0.39 is 0 Å². The molecule has 5 heteroatoms. The van der Waals surface area contributed by atoms with E-state index in [1.165, 1.54) is 0 Å². The number of imidazole rings is 1. The van der Waals surface area contributed by atoms with Crippen LogP contribution in [0.15, 0.2) is 36.7 Å². The highest BCUT2D eigenvalue weighted by molar-refractivity contribution is 5.29. The van der Waals surface area contributed by atoms with E-state index in [0.717, 1.165) is 23.6 Å². The number of hydrogen-bond acceptors (Lipinski definition) is 4. The van der Waals surface area contributed by atoms with Crippen molar-refractivity contribution in [3.05, 3.63) is 48.0 Å². The molecule has 5 nitrogen and oxygen atoms in total. The molecule has 1 heterocycles. The zero-order valence-corrected chi connectivity index (χ0v) is 11.3. The molecule has 0 radical (unpaired) electrons. The number of hydrogen-bond donors (Lipinski definition) is 2. The molecule has 102 valence electrons. The molecule has 19 heavy (non-hydrogen) atoms. The van der Waals surface area contributed by atoms with Crippen LogP contribution < -0.4 is 16.0 Å². The number of nitrogens with two attached hydrogens (primary N) is 1. The highest BCUT2D eigenvalue weighted by atomic mass is 16.5. The molecular weight excluding hydrogens is 240 g/mol. The molecule has 0 spiro atoms. The molecule has 2 aromatic rings. The Labute approximate surface area is 113 Å². The van der Waals surface area contributed by atoms with Crippen LogP contribution in [0, 0.1) is 0 Å². The predicted octanol–water partition coefficient (Wildman–Crippen LogP) is 1.57. The SMILES string of the molecule is CCOc1ccc(C(Cc2nccn2C)NN)cc1. The first-order valence-corrected chi connectivity index (χ1v) is 6.39. The molecule has 1 unspecified atom stereocenters. The second-order valence-corrected chi connectivity index (χ2v) is 4.38. The Kier molecular flexibility index (Phi) is 4.54. The predicted molar refractivity (Wildman–Crippen MR) is 74.6 cm³/mol. The van der Waals surface area contributed by atoms with Crippen LogP contribution in [-0.4, -0.2) is 16.2 Å². The van der Waals surface area contributed by atoms with Crippen molar-refractivity contribution in [2.75, 3.05) is 6.61 Å². The molecule has 1 aromatic heterocycles. The Hall–Kier alpha value is -1.85. The third-order valence-electron chi connectivity index (χ3n) is 3.10. The highest BCUT2D eigenvalue weighted by Crippen LogP contribution is 2.20. The molecule has 0 saturated carbocycles. The molecule has 3 N–H and O–H groups in total. The first-order chi connectivity index (χ1) is 9.24. The van der Waals surface area contributed by atoms with Crippen LogP contribution in [0.1, 0.15) is 24.4 Å². The van der Waals surface area contributed by atoms with Crippen LogP contribution in [0.5, 0.6) is 5.75 Å². The Morgan fingerprint density at radius 2 is 2.11 bits per heavy atom. The number of aromatic nitrogens is 2. The van der Waals surface area contributed by atoms with Gasteiger partial charge in [-0.25, -0.2) is 4.98 Å². The van der Waals surface area contributed by atoms with Gasteiger partial charge in [0.15, 0.2) is 0 Å². The monoisotopic (exact) mass is 260 g/mol. The lowest BCUT2D eigenvalue weighted by Crippen LogP contribution is -2.30. The van der Waals surface area contributed by atoms with Crippen molar-refractivity contribution >= 4 is 0 Å². The van der Waals surface area contributed by atoms with Crippen molar-refractivity contribution in [1.29, 1.82) is 0 Å². The number of ether oxygens (including phenoxy) is 1. The smallest absolute Gasteiger partial charge is 0.119 e. The van der Waals surface area contributed by atoms with Gasteiger partial charge in [-0.3, -0.25) is 11.3 Å².